The first-order chi connectivity index (χ1) is 10.1. The number of aromatic nitrogens is 1. The molecule has 0 fully saturated rings. The Morgan fingerprint density at radius 1 is 1.33 bits per heavy atom. The quantitative estimate of drug-likeness (QED) is 0.753. The van der Waals surface area contributed by atoms with Crippen molar-refractivity contribution in [1.82, 2.24) is 4.98 Å². The van der Waals surface area contributed by atoms with Gasteiger partial charge in [-0.2, -0.15) is 5.26 Å². The highest BCUT2D eigenvalue weighted by Gasteiger charge is 2.42. The monoisotopic (exact) mass is 276 g/mol. The predicted molar refractivity (Wildman–Crippen MR) is 79.9 cm³/mol. The average molecular weight is 276 g/mol. The summed E-state index contributed by atoms with van der Waals surface area (Å²) in [6, 6.07) is 10.0. The molecule has 2 aliphatic rings. The van der Waals surface area contributed by atoms with Crippen LogP contribution >= 0.6 is 0 Å². The Kier molecular flexibility index (Phi) is 2.27. The van der Waals surface area contributed by atoms with Gasteiger partial charge in [0.05, 0.1) is 35.9 Å². The van der Waals surface area contributed by atoms with E-state index >= 15 is 0 Å². The van der Waals surface area contributed by atoms with E-state index in [-0.39, 0.29) is 5.76 Å². The van der Waals surface area contributed by atoms with Gasteiger partial charge in [0.1, 0.15) is 12.3 Å². The average Bonchev–Trinajstić information content (AvgIpc) is 2.81. The second kappa shape index (κ2) is 3.94. The Morgan fingerprint density at radius 2 is 2.14 bits per heavy atom. The van der Waals surface area contributed by atoms with Crippen molar-refractivity contribution < 1.29 is 9.59 Å². The topological polar surface area (TPSA) is 56.9 Å². The Bertz CT molecular complexity index is 889. The lowest BCUT2D eigenvalue weighted by Crippen LogP contribution is -2.41. The van der Waals surface area contributed by atoms with E-state index in [0.717, 1.165) is 40.8 Å². The van der Waals surface area contributed by atoms with Gasteiger partial charge in [0.25, 0.3) is 0 Å². The summed E-state index contributed by atoms with van der Waals surface area (Å²) in [6.45, 7) is 0.846. The van der Waals surface area contributed by atoms with E-state index in [1.165, 1.54) is 0 Å². The van der Waals surface area contributed by atoms with Crippen molar-refractivity contribution in [1.29, 1.82) is 5.26 Å². The number of nitrogens with zero attached hydrogens (tertiary/aromatic N) is 3. The maximum absolute atomic E-state index is 10.3. The summed E-state index contributed by atoms with van der Waals surface area (Å²) in [5, 5.41) is 20.8. The van der Waals surface area contributed by atoms with E-state index in [4.69, 9.17) is 4.98 Å². The van der Waals surface area contributed by atoms with E-state index in [0.29, 0.717) is 10.0 Å². The number of quaternary nitrogens is 1. The lowest BCUT2D eigenvalue weighted by atomic mass is 9.93. The Morgan fingerprint density at radius 3 is 2.95 bits per heavy atom. The smallest absolute Gasteiger partial charge is 0.190 e. The summed E-state index contributed by atoms with van der Waals surface area (Å²) in [6.07, 6.45) is 4.50. The van der Waals surface area contributed by atoms with Crippen LogP contribution < -0.4 is 0 Å². The second-order valence-corrected chi connectivity index (χ2v) is 5.73. The van der Waals surface area contributed by atoms with Crippen LogP contribution in [-0.2, 0) is 6.42 Å². The number of rotatable bonds is 0. The van der Waals surface area contributed by atoms with Crippen LogP contribution in [0.4, 0.5) is 0 Å². The fourth-order valence-electron chi connectivity index (χ4n) is 3.37. The van der Waals surface area contributed by atoms with Crippen molar-refractivity contribution in [3.8, 4) is 6.07 Å². The minimum atomic E-state index is 0.243. The number of aliphatic hydroxyl groups excluding tert-OH is 1. The zero-order valence-electron chi connectivity index (χ0n) is 11.7. The van der Waals surface area contributed by atoms with Gasteiger partial charge in [0, 0.05) is 17.9 Å². The van der Waals surface area contributed by atoms with Gasteiger partial charge >= 0.3 is 0 Å². The van der Waals surface area contributed by atoms with Crippen LogP contribution in [0.3, 0.4) is 0 Å². The lowest BCUT2D eigenvalue weighted by molar-refractivity contribution is -0.785. The number of nitriles is 1. The van der Waals surface area contributed by atoms with Crippen molar-refractivity contribution in [2.24, 2.45) is 0 Å². The zero-order valence-corrected chi connectivity index (χ0v) is 11.7. The van der Waals surface area contributed by atoms with Crippen molar-refractivity contribution in [2.45, 2.75) is 6.42 Å². The van der Waals surface area contributed by atoms with Gasteiger partial charge in [0.2, 0.25) is 0 Å². The fourth-order valence-corrected chi connectivity index (χ4v) is 3.37. The summed E-state index contributed by atoms with van der Waals surface area (Å²) in [7, 11) is 2.05. The number of likely N-dealkylation sites (N-methyl/N-ethyl adjacent to an activating group) is 1. The van der Waals surface area contributed by atoms with Crippen molar-refractivity contribution >= 4 is 16.6 Å². The molecule has 0 spiro atoms. The molecule has 0 bridgehead atoms. The molecule has 0 amide bonds. The molecule has 4 rings (SSSR count). The van der Waals surface area contributed by atoms with Gasteiger partial charge in [-0.05, 0) is 6.07 Å². The van der Waals surface area contributed by atoms with Crippen LogP contribution in [0.25, 0.3) is 16.6 Å². The van der Waals surface area contributed by atoms with E-state index in [1.807, 2.05) is 37.5 Å². The Balaban J connectivity index is 2.15. The Labute approximate surface area is 122 Å². The molecule has 2 aromatic rings. The highest BCUT2D eigenvalue weighted by molar-refractivity contribution is 5.91. The number of aliphatic hydroxyl groups is 1. The SMILES string of the molecule is C[N@+]12C=CC(O)=C1c1c(nc3ccccc3c1C#N)CC2. The van der Waals surface area contributed by atoms with Crippen LogP contribution in [0.2, 0.25) is 0 Å². The number of hydrogen-bond acceptors (Lipinski definition) is 3. The lowest BCUT2D eigenvalue weighted by Gasteiger charge is -2.34. The first kappa shape index (κ1) is 12.1. The highest BCUT2D eigenvalue weighted by atomic mass is 16.3. The molecule has 4 heteroatoms. The van der Waals surface area contributed by atoms with E-state index in [2.05, 4.69) is 6.07 Å². The molecule has 0 unspecified atom stereocenters. The van der Waals surface area contributed by atoms with Gasteiger partial charge < -0.3 is 5.11 Å². The minimum Gasteiger partial charge on any atom is -0.503 e. The summed E-state index contributed by atoms with van der Waals surface area (Å²) in [5.74, 6) is 0.243. The number of pyridine rings is 1. The van der Waals surface area contributed by atoms with Crippen molar-refractivity contribution in [3.05, 3.63) is 59.1 Å². The highest BCUT2D eigenvalue weighted by Crippen LogP contribution is 2.42. The van der Waals surface area contributed by atoms with Gasteiger partial charge in [-0.3, -0.25) is 9.47 Å². The molecule has 1 aromatic carbocycles. The predicted octanol–water partition coefficient (Wildman–Crippen LogP) is 2.86. The summed E-state index contributed by atoms with van der Waals surface area (Å²) in [4.78, 5) is 4.72. The van der Waals surface area contributed by atoms with E-state index in [9.17, 15) is 10.4 Å². The number of para-hydroxylation sites is 1. The molecule has 3 heterocycles. The standard InChI is InChI=1S/C17H13N3O/c1-20-8-6-14-16(17(20)15(21)7-9-20)12(10-18)11-4-2-3-5-13(11)19-14/h2-5,7,9H,6,8H2,1H3/p+1/t20-/m0/s1. The maximum Gasteiger partial charge on any atom is 0.190 e. The number of allylic oxidation sites excluding steroid dienone is 1. The zero-order chi connectivity index (χ0) is 14.6. The third kappa shape index (κ3) is 1.49. The number of hydrogen-bond donors (Lipinski definition) is 1. The molecule has 0 radical (unpaired) electrons. The van der Waals surface area contributed by atoms with Gasteiger partial charge in [0.15, 0.2) is 11.5 Å². The first-order valence-electron chi connectivity index (χ1n) is 6.94. The second-order valence-electron chi connectivity index (χ2n) is 5.73. The van der Waals surface area contributed by atoms with Crippen LogP contribution in [0.5, 0.6) is 0 Å². The molecular weight excluding hydrogens is 262 g/mol. The van der Waals surface area contributed by atoms with Crippen LogP contribution in [-0.4, -0.2) is 28.2 Å². The van der Waals surface area contributed by atoms with Gasteiger partial charge in [-0.1, -0.05) is 18.2 Å². The molecule has 1 N–H and O–H groups in total. The van der Waals surface area contributed by atoms with Crippen LogP contribution in [0.1, 0.15) is 16.8 Å². The normalized spacial score (nSPS) is 23.0. The molecule has 1 aromatic heterocycles. The Hall–Kier alpha value is -2.64. The molecule has 0 saturated carbocycles. The van der Waals surface area contributed by atoms with Crippen LogP contribution in [0.15, 0.2) is 42.3 Å². The maximum atomic E-state index is 10.3. The summed E-state index contributed by atoms with van der Waals surface area (Å²) < 4.78 is 0.535. The molecule has 1 atom stereocenters. The summed E-state index contributed by atoms with van der Waals surface area (Å²) in [5.41, 5.74) is 3.98. The molecule has 21 heavy (non-hydrogen) atoms. The summed E-state index contributed by atoms with van der Waals surface area (Å²) >= 11 is 0. The largest absolute Gasteiger partial charge is 0.503 e. The molecule has 0 aliphatic carbocycles. The van der Waals surface area contributed by atoms with E-state index < -0.39 is 0 Å². The van der Waals surface area contributed by atoms with Gasteiger partial charge in [-0.25, -0.2) is 0 Å². The molecule has 102 valence electrons. The van der Waals surface area contributed by atoms with Gasteiger partial charge in [-0.15, -0.1) is 0 Å². The number of benzene rings is 1. The van der Waals surface area contributed by atoms with Crippen molar-refractivity contribution in [3.63, 3.8) is 0 Å². The molecular formula is C17H14N3O+. The third-order valence-corrected chi connectivity index (χ3v) is 4.44. The fraction of sp³-hybridized carbons (Fsp3) is 0.176. The first-order valence-corrected chi connectivity index (χ1v) is 6.94. The van der Waals surface area contributed by atoms with E-state index in [1.54, 1.807) is 6.08 Å². The van der Waals surface area contributed by atoms with Crippen LogP contribution in [0, 0.1) is 11.3 Å². The number of fused-ring (bicyclic) bond motifs is 4. The molecule has 4 nitrogen and oxygen atoms in total. The third-order valence-electron chi connectivity index (χ3n) is 4.44. The molecule has 2 aliphatic heterocycles. The minimum absolute atomic E-state index is 0.243. The molecule has 0 saturated heterocycles. The van der Waals surface area contributed by atoms with Crippen molar-refractivity contribution in [2.75, 3.05) is 13.6 Å².